The van der Waals surface area contributed by atoms with Crippen LogP contribution in [0.4, 0.5) is 0 Å². The maximum absolute atomic E-state index is 13.2. The van der Waals surface area contributed by atoms with Gasteiger partial charge in [-0.2, -0.15) is 0 Å². The standard InChI is InChI=1S/C23H27N3O5S/c1-4-19(22(28)24-3)25(15-17-9-7-8-16(2)14-17)21(27)12-13-26-23(29)18-10-5-6-11-20(18)32(26,30)31/h5-11,14,19H,4,12-13,15H2,1-3H3,(H,24,28)/t19-/m0/s1. The minimum absolute atomic E-state index is 0.0501. The molecule has 0 aromatic heterocycles. The monoisotopic (exact) mass is 457 g/mol. The van der Waals surface area contributed by atoms with Crippen molar-refractivity contribution >= 4 is 27.7 Å². The van der Waals surface area contributed by atoms with Gasteiger partial charge >= 0.3 is 0 Å². The van der Waals surface area contributed by atoms with Gasteiger partial charge in [-0.3, -0.25) is 14.4 Å². The van der Waals surface area contributed by atoms with Crippen LogP contribution in [0.5, 0.6) is 0 Å². The fourth-order valence-electron chi connectivity index (χ4n) is 3.89. The van der Waals surface area contributed by atoms with E-state index in [2.05, 4.69) is 5.32 Å². The second-order valence-corrected chi connectivity index (χ2v) is 9.51. The predicted octanol–water partition coefficient (Wildman–Crippen LogP) is 2.08. The van der Waals surface area contributed by atoms with Crippen LogP contribution in [0.3, 0.4) is 0 Å². The lowest BCUT2D eigenvalue weighted by Crippen LogP contribution is -2.49. The predicted molar refractivity (Wildman–Crippen MR) is 119 cm³/mol. The van der Waals surface area contributed by atoms with E-state index in [1.807, 2.05) is 38.1 Å². The number of aryl methyl sites for hydroxylation is 1. The van der Waals surface area contributed by atoms with Crippen molar-refractivity contribution in [1.82, 2.24) is 14.5 Å². The molecule has 9 heteroatoms. The van der Waals surface area contributed by atoms with Crippen molar-refractivity contribution in [3.63, 3.8) is 0 Å². The average Bonchev–Trinajstić information content (AvgIpc) is 2.97. The zero-order valence-electron chi connectivity index (χ0n) is 18.4. The van der Waals surface area contributed by atoms with Crippen LogP contribution in [0.25, 0.3) is 0 Å². The molecule has 170 valence electrons. The lowest BCUT2D eigenvalue weighted by molar-refractivity contribution is -0.141. The molecule has 3 amide bonds. The minimum atomic E-state index is -3.99. The van der Waals surface area contributed by atoms with Gasteiger partial charge in [0, 0.05) is 26.6 Å². The van der Waals surface area contributed by atoms with Gasteiger partial charge in [0.15, 0.2) is 0 Å². The van der Waals surface area contributed by atoms with E-state index in [1.54, 1.807) is 12.1 Å². The number of hydrogen-bond donors (Lipinski definition) is 1. The fourth-order valence-corrected chi connectivity index (χ4v) is 5.46. The Morgan fingerprint density at radius 1 is 1.12 bits per heavy atom. The fraction of sp³-hybridized carbons (Fsp3) is 0.348. The molecule has 0 fully saturated rings. The second-order valence-electron chi connectivity index (χ2n) is 7.68. The summed E-state index contributed by atoms with van der Waals surface area (Å²) in [6, 6.07) is 12.9. The van der Waals surface area contributed by atoms with E-state index in [9.17, 15) is 22.8 Å². The molecule has 0 saturated carbocycles. The van der Waals surface area contributed by atoms with Crippen molar-refractivity contribution in [1.29, 1.82) is 0 Å². The van der Waals surface area contributed by atoms with Crippen LogP contribution >= 0.6 is 0 Å². The van der Waals surface area contributed by atoms with Gasteiger partial charge in [0.1, 0.15) is 10.9 Å². The van der Waals surface area contributed by atoms with Crippen LogP contribution in [0.2, 0.25) is 0 Å². The highest BCUT2D eigenvalue weighted by molar-refractivity contribution is 7.90. The number of nitrogens with zero attached hydrogens (tertiary/aromatic N) is 2. The summed E-state index contributed by atoms with van der Waals surface area (Å²) in [5, 5.41) is 2.58. The Balaban J connectivity index is 1.82. The summed E-state index contributed by atoms with van der Waals surface area (Å²) >= 11 is 0. The molecule has 8 nitrogen and oxygen atoms in total. The van der Waals surface area contributed by atoms with Crippen molar-refractivity contribution in [3.8, 4) is 0 Å². The normalized spacial score (nSPS) is 15.2. The molecule has 1 aliphatic rings. The molecule has 0 bridgehead atoms. The first-order valence-corrected chi connectivity index (χ1v) is 11.9. The molecule has 3 rings (SSSR count). The van der Waals surface area contributed by atoms with Gasteiger partial charge in [-0.25, -0.2) is 12.7 Å². The largest absolute Gasteiger partial charge is 0.357 e. The number of amides is 3. The zero-order valence-corrected chi connectivity index (χ0v) is 19.2. The topological polar surface area (TPSA) is 104 Å². The molecule has 2 aromatic rings. The molecule has 0 aliphatic carbocycles. The first-order chi connectivity index (χ1) is 15.2. The SMILES string of the molecule is CC[C@@H](C(=O)NC)N(Cc1cccc(C)c1)C(=O)CCN1C(=O)c2ccccc2S1(=O)=O. The lowest BCUT2D eigenvalue weighted by atomic mass is 10.1. The number of rotatable bonds is 8. The molecule has 0 spiro atoms. The van der Waals surface area contributed by atoms with Crippen molar-refractivity contribution < 1.29 is 22.8 Å². The Bertz CT molecular complexity index is 1150. The summed E-state index contributed by atoms with van der Waals surface area (Å²) in [5.74, 6) is -1.34. The van der Waals surface area contributed by atoms with Gasteiger partial charge in [0.2, 0.25) is 11.8 Å². The van der Waals surface area contributed by atoms with Crippen molar-refractivity contribution in [2.45, 2.75) is 44.2 Å². The molecule has 0 saturated heterocycles. The number of sulfonamides is 1. The van der Waals surface area contributed by atoms with Gasteiger partial charge in [0.25, 0.3) is 15.9 Å². The van der Waals surface area contributed by atoms with Gasteiger partial charge in [-0.15, -0.1) is 0 Å². The third kappa shape index (κ3) is 4.52. The van der Waals surface area contributed by atoms with Gasteiger partial charge in [-0.1, -0.05) is 48.9 Å². The number of fused-ring (bicyclic) bond motifs is 1. The molecule has 1 N–H and O–H groups in total. The summed E-state index contributed by atoms with van der Waals surface area (Å²) in [4.78, 5) is 39.7. The molecule has 2 aromatic carbocycles. The molecule has 0 unspecified atom stereocenters. The molecular weight excluding hydrogens is 430 g/mol. The van der Waals surface area contributed by atoms with E-state index in [0.717, 1.165) is 15.4 Å². The van der Waals surface area contributed by atoms with E-state index in [4.69, 9.17) is 0 Å². The number of likely N-dealkylation sites (N-methyl/N-ethyl adjacent to an activating group) is 1. The first-order valence-electron chi connectivity index (χ1n) is 10.4. The number of carbonyl (C=O) groups excluding carboxylic acids is 3. The van der Waals surface area contributed by atoms with Crippen molar-refractivity contribution in [2.24, 2.45) is 0 Å². The smallest absolute Gasteiger partial charge is 0.269 e. The number of hydrogen-bond acceptors (Lipinski definition) is 5. The Morgan fingerprint density at radius 3 is 2.47 bits per heavy atom. The van der Waals surface area contributed by atoms with Gasteiger partial charge in [-0.05, 0) is 31.0 Å². The molecule has 0 radical (unpaired) electrons. The van der Waals surface area contributed by atoms with E-state index in [1.165, 1.54) is 24.1 Å². The highest BCUT2D eigenvalue weighted by Crippen LogP contribution is 2.30. The molecule has 1 heterocycles. The van der Waals surface area contributed by atoms with Gasteiger partial charge in [0.05, 0.1) is 5.56 Å². The zero-order chi connectivity index (χ0) is 23.5. The number of nitrogens with one attached hydrogen (secondary N) is 1. The third-order valence-corrected chi connectivity index (χ3v) is 7.35. The van der Waals surface area contributed by atoms with Crippen LogP contribution in [0.15, 0.2) is 53.4 Å². The Morgan fingerprint density at radius 2 is 1.84 bits per heavy atom. The summed E-state index contributed by atoms with van der Waals surface area (Å²) in [6.45, 7) is 3.66. The highest BCUT2D eigenvalue weighted by Gasteiger charge is 2.41. The molecule has 32 heavy (non-hydrogen) atoms. The van der Waals surface area contributed by atoms with Crippen LogP contribution in [0, 0.1) is 6.92 Å². The molecule has 1 aliphatic heterocycles. The van der Waals surface area contributed by atoms with Crippen LogP contribution in [0.1, 0.15) is 41.3 Å². The van der Waals surface area contributed by atoms with Crippen LogP contribution < -0.4 is 5.32 Å². The maximum atomic E-state index is 13.2. The number of benzene rings is 2. The molecular formula is C23H27N3O5S. The Hall–Kier alpha value is -3.20. The quantitative estimate of drug-likeness (QED) is 0.654. The summed E-state index contributed by atoms with van der Waals surface area (Å²) < 4.78 is 26.3. The second kappa shape index (κ2) is 9.52. The van der Waals surface area contributed by atoms with E-state index >= 15 is 0 Å². The Labute approximate surface area is 188 Å². The maximum Gasteiger partial charge on any atom is 0.269 e. The van der Waals surface area contributed by atoms with E-state index < -0.39 is 27.9 Å². The summed E-state index contributed by atoms with van der Waals surface area (Å²) in [5.41, 5.74) is 1.99. The van der Waals surface area contributed by atoms with Gasteiger partial charge < -0.3 is 10.2 Å². The lowest BCUT2D eigenvalue weighted by Gasteiger charge is -2.31. The van der Waals surface area contributed by atoms with Crippen LogP contribution in [-0.2, 0) is 26.2 Å². The Kier molecular flexibility index (Phi) is 6.98. The van der Waals surface area contributed by atoms with Crippen LogP contribution in [-0.4, -0.2) is 55.0 Å². The first kappa shape index (κ1) is 23.5. The number of carbonyl (C=O) groups is 3. The van der Waals surface area contributed by atoms with E-state index in [-0.39, 0.29) is 35.9 Å². The minimum Gasteiger partial charge on any atom is -0.357 e. The highest BCUT2D eigenvalue weighted by atomic mass is 32.2. The third-order valence-electron chi connectivity index (χ3n) is 5.51. The van der Waals surface area contributed by atoms with Crippen molar-refractivity contribution in [3.05, 3.63) is 65.2 Å². The summed E-state index contributed by atoms with van der Waals surface area (Å²) in [7, 11) is -2.49. The van der Waals surface area contributed by atoms with E-state index in [0.29, 0.717) is 6.42 Å². The molecule has 1 atom stereocenters. The summed E-state index contributed by atoms with van der Waals surface area (Å²) in [6.07, 6.45) is 0.169. The average molecular weight is 458 g/mol. The van der Waals surface area contributed by atoms with Crippen molar-refractivity contribution in [2.75, 3.05) is 13.6 Å².